The Balaban J connectivity index is 0.00000380. The van der Waals surface area contributed by atoms with E-state index in [4.69, 9.17) is 4.74 Å². The highest BCUT2D eigenvalue weighted by Gasteiger charge is 2.24. The van der Waals surface area contributed by atoms with Crippen molar-refractivity contribution in [2.45, 2.75) is 23.1 Å². The summed E-state index contributed by atoms with van der Waals surface area (Å²) >= 11 is 1.28. The fourth-order valence-electron chi connectivity index (χ4n) is 3.97. The van der Waals surface area contributed by atoms with Crippen LogP contribution in [0.25, 0.3) is 10.2 Å². The van der Waals surface area contributed by atoms with Gasteiger partial charge in [-0.15, -0.1) is 12.4 Å². The number of carbonyl (C=O) groups excluding carboxylic acids is 1. The Morgan fingerprint density at radius 1 is 1.08 bits per heavy atom. The number of para-hydroxylation sites is 1. The topological polar surface area (TPSA) is 114 Å². The van der Waals surface area contributed by atoms with E-state index in [-0.39, 0.29) is 40.3 Å². The molecule has 0 bridgehead atoms. The molecule has 1 aliphatic rings. The number of rotatable bonds is 9. The molecule has 13 heteroatoms. The highest BCUT2D eigenvalue weighted by atomic mass is 35.5. The van der Waals surface area contributed by atoms with Gasteiger partial charge >= 0.3 is 0 Å². The van der Waals surface area contributed by atoms with Gasteiger partial charge in [-0.1, -0.05) is 36.5 Å². The highest BCUT2D eigenvalue weighted by molar-refractivity contribution is 7.91. The van der Waals surface area contributed by atoms with E-state index >= 15 is 0 Å². The molecule has 0 N–H and O–H groups in total. The summed E-state index contributed by atoms with van der Waals surface area (Å²) in [4.78, 5) is 22.3. The number of nitrogens with zero attached hydrogens (tertiary/aromatic N) is 3. The molecule has 9 nitrogen and oxygen atoms in total. The van der Waals surface area contributed by atoms with Crippen molar-refractivity contribution in [3.63, 3.8) is 0 Å². The number of ether oxygens (including phenoxy) is 1. The SMILES string of the molecule is CCS(=O)(=O)c1ccc(CC(=O)N(CCN2CCOCC2)c2nc3c(S(C)(=O)=O)cccc3s2)cc1.Cl. The van der Waals surface area contributed by atoms with Gasteiger partial charge in [0.15, 0.2) is 24.8 Å². The number of hydrogen-bond donors (Lipinski definition) is 0. The fourth-order valence-corrected chi connectivity index (χ4v) is 6.79. The first kappa shape index (κ1) is 29.5. The molecule has 2 aromatic carbocycles. The summed E-state index contributed by atoms with van der Waals surface area (Å²) in [5.41, 5.74) is 1.04. The van der Waals surface area contributed by atoms with Gasteiger partial charge in [0.2, 0.25) is 5.91 Å². The molecule has 1 saturated heterocycles. The van der Waals surface area contributed by atoms with Crippen molar-refractivity contribution < 1.29 is 26.4 Å². The van der Waals surface area contributed by atoms with Gasteiger partial charge in [0.1, 0.15) is 5.52 Å². The Labute approximate surface area is 227 Å². The molecule has 0 radical (unpaired) electrons. The molecule has 2 heterocycles. The number of hydrogen-bond acceptors (Lipinski definition) is 9. The molecular formula is C24H30ClN3O6S3. The van der Waals surface area contributed by atoms with Crippen molar-refractivity contribution >= 4 is 64.7 Å². The molecule has 1 aliphatic heterocycles. The van der Waals surface area contributed by atoms with E-state index in [9.17, 15) is 21.6 Å². The third kappa shape index (κ3) is 7.06. The number of fused-ring (bicyclic) bond motifs is 1. The van der Waals surface area contributed by atoms with Crippen LogP contribution in [-0.2, 0) is 35.6 Å². The van der Waals surface area contributed by atoms with E-state index in [1.807, 2.05) is 0 Å². The quantitative estimate of drug-likeness (QED) is 0.375. The second-order valence-electron chi connectivity index (χ2n) is 8.60. The number of morpholine rings is 1. The number of anilines is 1. The van der Waals surface area contributed by atoms with Gasteiger partial charge in [0.25, 0.3) is 0 Å². The lowest BCUT2D eigenvalue weighted by atomic mass is 10.1. The molecule has 0 spiro atoms. The molecule has 3 aromatic rings. The average molecular weight is 588 g/mol. The monoisotopic (exact) mass is 587 g/mol. The van der Waals surface area contributed by atoms with Gasteiger partial charge in [-0.3, -0.25) is 14.6 Å². The first-order valence-electron chi connectivity index (χ1n) is 11.6. The predicted octanol–water partition coefficient (Wildman–Crippen LogP) is 2.82. The van der Waals surface area contributed by atoms with Crippen LogP contribution in [0.4, 0.5) is 5.13 Å². The normalized spacial score (nSPS) is 14.9. The molecule has 1 aromatic heterocycles. The maximum absolute atomic E-state index is 13.5. The summed E-state index contributed by atoms with van der Waals surface area (Å²) in [6, 6.07) is 11.3. The molecular weight excluding hydrogens is 558 g/mol. The number of sulfone groups is 2. The van der Waals surface area contributed by atoms with E-state index in [0.29, 0.717) is 47.2 Å². The van der Waals surface area contributed by atoms with Crippen molar-refractivity contribution in [2.75, 3.05) is 56.3 Å². The van der Waals surface area contributed by atoms with Crippen molar-refractivity contribution in [3.8, 4) is 0 Å². The minimum atomic E-state index is -3.49. The van der Waals surface area contributed by atoms with E-state index in [2.05, 4.69) is 9.88 Å². The van der Waals surface area contributed by atoms with Crippen LogP contribution in [0.1, 0.15) is 12.5 Å². The van der Waals surface area contributed by atoms with Gasteiger partial charge in [-0.05, 0) is 29.8 Å². The van der Waals surface area contributed by atoms with E-state index in [1.54, 1.807) is 36.1 Å². The Hall–Kier alpha value is -2.09. The number of aromatic nitrogens is 1. The second-order valence-corrected chi connectivity index (χ2v) is 13.9. The number of carbonyl (C=O) groups is 1. The number of benzene rings is 2. The zero-order chi connectivity index (χ0) is 25.9. The van der Waals surface area contributed by atoms with E-state index < -0.39 is 19.7 Å². The Morgan fingerprint density at radius 3 is 2.38 bits per heavy atom. The highest BCUT2D eigenvalue weighted by Crippen LogP contribution is 2.33. The number of amides is 1. The second kappa shape index (κ2) is 12.2. The standard InChI is InChI=1S/C24H29N3O6S3.ClH/c1-3-36(31,32)19-9-7-18(8-10-19)17-22(28)27(12-11-26-13-15-33-16-14-26)24-25-23-20(34-24)5-4-6-21(23)35(2,29)30;/h4-10H,3,11-17H2,1-2H3;1H. The van der Waals surface area contributed by atoms with Crippen LogP contribution in [-0.4, -0.2) is 84.0 Å². The maximum Gasteiger partial charge on any atom is 0.233 e. The molecule has 0 unspecified atom stereocenters. The van der Waals surface area contributed by atoms with Gasteiger partial charge < -0.3 is 4.74 Å². The number of halogens is 1. The summed E-state index contributed by atoms with van der Waals surface area (Å²) in [5.74, 6) is -0.192. The molecule has 202 valence electrons. The summed E-state index contributed by atoms with van der Waals surface area (Å²) < 4.78 is 54.9. The summed E-state index contributed by atoms with van der Waals surface area (Å²) in [5, 5.41) is 0.435. The lowest BCUT2D eigenvalue weighted by Gasteiger charge is -2.29. The molecule has 0 saturated carbocycles. The first-order chi connectivity index (χ1) is 17.1. The molecule has 1 fully saturated rings. The maximum atomic E-state index is 13.5. The number of thiazole rings is 1. The van der Waals surface area contributed by atoms with Crippen LogP contribution in [0.15, 0.2) is 52.3 Å². The third-order valence-electron chi connectivity index (χ3n) is 6.06. The van der Waals surface area contributed by atoms with Crippen LogP contribution in [0.5, 0.6) is 0 Å². The molecule has 0 atom stereocenters. The zero-order valence-corrected chi connectivity index (χ0v) is 23.9. The lowest BCUT2D eigenvalue weighted by Crippen LogP contribution is -2.43. The van der Waals surface area contributed by atoms with Gasteiger partial charge in [-0.2, -0.15) is 0 Å². The third-order valence-corrected chi connectivity index (χ3v) is 9.99. The Bertz CT molecular complexity index is 1450. The van der Waals surface area contributed by atoms with E-state index in [0.717, 1.165) is 19.3 Å². The van der Waals surface area contributed by atoms with Gasteiger partial charge in [-0.25, -0.2) is 21.8 Å². The minimum absolute atomic E-state index is 0. The zero-order valence-electron chi connectivity index (χ0n) is 20.6. The van der Waals surface area contributed by atoms with Crippen LogP contribution >= 0.6 is 23.7 Å². The Kier molecular flexibility index (Phi) is 9.70. The predicted molar refractivity (Wildman–Crippen MR) is 147 cm³/mol. The van der Waals surface area contributed by atoms with E-state index in [1.165, 1.54) is 29.5 Å². The largest absolute Gasteiger partial charge is 0.379 e. The summed E-state index contributed by atoms with van der Waals surface area (Å²) in [6.45, 7) is 5.42. The summed E-state index contributed by atoms with van der Waals surface area (Å²) in [6.07, 6.45) is 1.20. The molecule has 0 aliphatic carbocycles. The lowest BCUT2D eigenvalue weighted by molar-refractivity contribution is -0.118. The van der Waals surface area contributed by atoms with Crippen LogP contribution in [0, 0.1) is 0 Å². The van der Waals surface area contributed by atoms with Crippen LogP contribution < -0.4 is 4.90 Å². The van der Waals surface area contributed by atoms with Crippen molar-refractivity contribution in [2.24, 2.45) is 0 Å². The molecule has 37 heavy (non-hydrogen) atoms. The average Bonchev–Trinajstić information content (AvgIpc) is 3.28. The molecule has 1 amide bonds. The van der Waals surface area contributed by atoms with Crippen LogP contribution in [0.2, 0.25) is 0 Å². The first-order valence-corrected chi connectivity index (χ1v) is 16.0. The summed E-state index contributed by atoms with van der Waals surface area (Å²) in [7, 11) is -6.81. The van der Waals surface area contributed by atoms with Gasteiger partial charge in [0, 0.05) is 32.4 Å². The van der Waals surface area contributed by atoms with Gasteiger partial charge in [0.05, 0.1) is 39.9 Å². The molecule has 4 rings (SSSR count). The Morgan fingerprint density at radius 2 is 1.76 bits per heavy atom. The van der Waals surface area contributed by atoms with Crippen LogP contribution in [0.3, 0.4) is 0 Å². The smallest absolute Gasteiger partial charge is 0.233 e. The minimum Gasteiger partial charge on any atom is -0.379 e. The van der Waals surface area contributed by atoms with Crippen molar-refractivity contribution in [3.05, 3.63) is 48.0 Å². The van der Waals surface area contributed by atoms with Crippen molar-refractivity contribution in [1.82, 2.24) is 9.88 Å². The fraction of sp³-hybridized carbons (Fsp3) is 0.417. The van der Waals surface area contributed by atoms with Crippen molar-refractivity contribution in [1.29, 1.82) is 0 Å².